The van der Waals surface area contributed by atoms with Crippen molar-refractivity contribution in [3.8, 4) is 0 Å². The summed E-state index contributed by atoms with van der Waals surface area (Å²) >= 11 is 0. The van der Waals surface area contributed by atoms with E-state index < -0.39 is 11.9 Å². The molecule has 96 valence electrons. The second-order valence-electron chi connectivity index (χ2n) is 4.38. The summed E-state index contributed by atoms with van der Waals surface area (Å²) in [5.41, 5.74) is 6.78. The number of imide groups is 1. The van der Waals surface area contributed by atoms with Gasteiger partial charge in [0.25, 0.3) is 5.91 Å². The summed E-state index contributed by atoms with van der Waals surface area (Å²) in [5, 5.41) is 2.88. The fourth-order valence-electron chi connectivity index (χ4n) is 1.88. The van der Waals surface area contributed by atoms with Gasteiger partial charge in [-0.25, -0.2) is 4.39 Å². The molecule has 0 radical (unpaired) electrons. The van der Waals surface area contributed by atoms with E-state index in [-0.39, 0.29) is 23.9 Å². The highest BCUT2D eigenvalue weighted by molar-refractivity contribution is 6.06. The third-order valence-electron chi connectivity index (χ3n) is 3.04. The van der Waals surface area contributed by atoms with Crippen LogP contribution in [0.25, 0.3) is 0 Å². The topological polar surface area (TPSA) is 75.4 Å². The zero-order valence-electron chi connectivity index (χ0n) is 10.2. The molecule has 1 aromatic carbocycles. The molecule has 1 aromatic rings. The van der Waals surface area contributed by atoms with E-state index in [1.807, 2.05) is 0 Å². The number of aryl methyl sites for hydroxylation is 1. The van der Waals surface area contributed by atoms with Gasteiger partial charge < -0.3 is 11.1 Å². The first kappa shape index (κ1) is 12.3. The number of carbonyl (C=O) groups is 2. The minimum atomic E-state index is -0.630. The van der Waals surface area contributed by atoms with Crippen LogP contribution in [0, 0.1) is 12.7 Å². The first-order chi connectivity index (χ1) is 8.40. The molecule has 2 rings (SSSR count). The molecular formula is C12H14FN3O2. The molecule has 1 heterocycles. The number of anilines is 2. The Morgan fingerprint density at radius 3 is 2.67 bits per heavy atom. The first-order valence-corrected chi connectivity index (χ1v) is 5.52. The zero-order valence-corrected chi connectivity index (χ0v) is 10.2. The fraction of sp³-hybridized carbons (Fsp3) is 0.333. The number of hydrogen-bond donors (Lipinski definition) is 2. The van der Waals surface area contributed by atoms with E-state index in [2.05, 4.69) is 5.32 Å². The van der Waals surface area contributed by atoms with Crippen molar-refractivity contribution in [3.63, 3.8) is 0 Å². The van der Waals surface area contributed by atoms with Crippen LogP contribution in [0.1, 0.15) is 12.0 Å². The predicted octanol–water partition coefficient (Wildman–Crippen LogP) is 0.886. The Balaban J connectivity index is 2.23. The third-order valence-corrected chi connectivity index (χ3v) is 3.04. The molecule has 2 amide bonds. The van der Waals surface area contributed by atoms with Gasteiger partial charge in [0.15, 0.2) is 0 Å². The summed E-state index contributed by atoms with van der Waals surface area (Å²) in [7, 11) is 1.44. The maximum Gasteiger partial charge on any atom is 0.251 e. The molecule has 1 fully saturated rings. The van der Waals surface area contributed by atoms with Crippen LogP contribution in [0.2, 0.25) is 0 Å². The monoisotopic (exact) mass is 251 g/mol. The van der Waals surface area contributed by atoms with Crippen molar-refractivity contribution >= 4 is 23.2 Å². The number of nitrogen functional groups attached to an aromatic ring is 1. The molecule has 6 heteroatoms. The van der Waals surface area contributed by atoms with Gasteiger partial charge >= 0.3 is 0 Å². The van der Waals surface area contributed by atoms with Gasteiger partial charge in [0.2, 0.25) is 5.91 Å². The smallest absolute Gasteiger partial charge is 0.251 e. The number of carbonyl (C=O) groups excluding carboxylic acids is 2. The summed E-state index contributed by atoms with van der Waals surface area (Å²) < 4.78 is 13.2. The van der Waals surface area contributed by atoms with Gasteiger partial charge in [-0.2, -0.15) is 0 Å². The molecule has 0 aromatic heterocycles. The van der Waals surface area contributed by atoms with E-state index in [0.29, 0.717) is 11.3 Å². The molecule has 0 saturated carbocycles. The summed E-state index contributed by atoms with van der Waals surface area (Å²) in [6, 6.07) is 2.10. The summed E-state index contributed by atoms with van der Waals surface area (Å²) in [4.78, 5) is 24.1. The molecule has 3 N–H and O–H groups in total. The predicted molar refractivity (Wildman–Crippen MR) is 65.4 cm³/mol. The number of nitrogens with two attached hydrogens (primary N) is 1. The van der Waals surface area contributed by atoms with Gasteiger partial charge in [-0.3, -0.25) is 14.5 Å². The average Bonchev–Trinajstić information content (AvgIpc) is 2.54. The Morgan fingerprint density at radius 2 is 2.11 bits per heavy atom. The van der Waals surface area contributed by atoms with E-state index in [1.165, 1.54) is 19.2 Å². The minimum Gasteiger partial charge on any atom is -0.397 e. The molecule has 0 bridgehead atoms. The highest BCUT2D eigenvalue weighted by Crippen LogP contribution is 2.25. The van der Waals surface area contributed by atoms with Crippen LogP contribution in [-0.2, 0) is 9.59 Å². The molecule has 1 unspecified atom stereocenters. The van der Waals surface area contributed by atoms with Crippen molar-refractivity contribution in [2.75, 3.05) is 18.1 Å². The number of nitrogens with zero attached hydrogens (tertiary/aromatic N) is 1. The summed E-state index contributed by atoms with van der Waals surface area (Å²) in [5.74, 6) is -0.944. The Labute approximate surface area is 104 Å². The van der Waals surface area contributed by atoms with Crippen LogP contribution in [0.3, 0.4) is 0 Å². The number of benzene rings is 1. The Morgan fingerprint density at radius 1 is 1.44 bits per heavy atom. The second-order valence-corrected chi connectivity index (χ2v) is 4.38. The van der Waals surface area contributed by atoms with Crippen molar-refractivity contribution in [2.24, 2.45) is 0 Å². The molecule has 1 saturated heterocycles. The van der Waals surface area contributed by atoms with Crippen LogP contribution >= 0.6 is 0 Å². The van der Waals surface area contributed by atoms with Crippen LogP contribution in [0.5, 0.6) is 0 Å². The van der Waals surface area contributed by atoms with Crippen LogP contribution < -0.4 is 11.1 Å². The molecule has 5 nitrogen and oxygen atoms in total. The van der Waals surface area contributed by atoms with Crippen molar-refractivity contribution < 1.29 is 14.0 Å². The van der Waals surface area contributed by atoms with E-state index in [0.717, 1.165) is 4.90 Å². The standard InChI is InChI=1S/C12H14FN3O2/c1-6-3-9(8(14)4-7(6)13)15-10-5-11(17)16(2)12(10)18/h3-4,10,15H,5,14H2,1-2H3. The quantitative estimate of drug-likeness (QED) is 0.604. The van der Waals surface area contributed by atoms with E-state index in [4.69, 9.17) is 5.73 Å². The number of nitrogens with one attached hydrogen (secondary N) is 1. The van der Waals surface area contributed by atoms with E-state index in [9.17, 15) is 14.0 Å². The van der Waals surface area contributed by atoms with Gasteiger partial charge in [-0.1, -0.05) is 0 Å². The number of likely N-dealkylation sites (tertiary alicyclic amines) is 1. The molecule has 0 aliphatic carbocycles. The third kappa shape index (κ3) is 2.01. The molecule has 18 heavy (non-hydrogen) atoms. The van der Waals surface area contributed by atoms with Gasteiger partial charge in [0.05, 0.1) is 17.8 Å². The summed E-state index contributed by atoms with van der Waals surface area (Å²) in [6.07, 6.45) is 0.0885. The van der Waals surface area contributed by atoms with Crippen LogP contribution in [0.15, 0.2) is 12.1 Å². The highest BCUT2D eigenvalue weighted by atomic mass is 19.1. The van der Waals surface area contributed by atoms with Gasteiger partial charge in [0, 0.05) is 7.05 Å². The fourth-order valence-corrected chi connectivity index (χ4v) is 1.88. The average molecular weight is 251 g/mol. The van der Waals surface area contributed by atoms with Crippen molar-refractivity contribution in [1.29, 1.82) is 0 Å². The Kier molecular flexibility index (Phi) is 2.94. The number of hydrogen-bond acceptors (Lipinski definition) is 4. The minimum absolute atomic E-state index is 0.0885. The van der Waals surface area contributed by atoms with Crippen LogP contribution in [-0.4, -0.2) is 29.8 Å². The van der Waals surface area contributed by atoms with Crippen molar-refractivity contribution in [3.05, 3.63) is 23.5 Å². The summed E-state index contributed by atoms with van der Waals surface area (Å²) in [6.45, 7) is 1.60. The van der Waals surface area contributed by atoms with Gasteiger partial charge in [0.1, 0.15) is 11.9 Å². The first-order valence-electron chi connectivity index (χ1n) is 5.52. The van der Waals surface area contributed by atoms with Crippen molar-refractivity contribution in [2.45, 2.75) is 19.4 Å². The van der Waals surface area contributed by atoms with Gasteiger partial charge in [-0.15, -0.1) is 0 Å². The van der Waals surface area contributed by atoms with Crippen LogP contribution in [0.4, 0.5) is 15.8 Å². The molecular weight excluding hydrogens is 237 g/mol. The number of amides is 2. The lowest BCUT2D eigenvalue weighted by Crippen LogP contribution is -2.32. The molecule has 0 spiro atoms. The normalized spacial score (nSPS) is 19.5. The zero-order chi connectivity index (χ0) is 13.4. The lowest BCUT2D eigenvalue weighted by Gasteiger charge is -2.15. The number of halogens is 1. The van der Waals surface area contributed by atoms with E-state index >= 15 is 0 Å². The second kappa shape index (κ2) is 4.29. The Bertz CT molecular complexity index is 530. The largest absolute Gasteiger partial charge is 0.397 e. The molecule has 1 atom stereocenters. The maximum atomic E-state index is 13.2. The van der Waals surface area contributed by atoms with Crippen molar-refractivity contribution in [1.82, 2.24) is 4.90 Å². The lowest BCUT2D eigenvalue weighted by atomic mass is 10.1. The van der Waals surface area contributed by atoms with Gasteiger partial charge in [-0.05, 0) is 24.6 Å². The highest BCUT2D eigenvalue weighted by Gasteiger charge is 2.36. The maximum absolute atomic E-state index is 13.2. The number of rotatable bonds is 2. The number of likely N-dealkylation sites (N-methyl/N-ethyl adjacent to an activating group) is 1. The molecule has 1 aliphatic rings. The lowest BCUT2D eigenvalue weighted by molar-refractivity contribution is -0.136. The SMILES string of the molecule is Cc1cc(NC2CC(=O)N(C)C2=O)c(N)cc1F. The van der Waals surface area contributed by atoms with E-state index in [1.54, 1.807) is 6.92 Å². The molecule has 1 aliphatic heterocycles. The Hall–Kier alpha value is -2.11.